The maximum atomic E-state index is 13.4. The first-order chi connectivity index (χ1) is 16.1. The molecule has 8 heteroatoms. The Labute approximate surface area is 198 Å². The fourth-order valence-electron chi connectivity index (χ4n) is 3.43. The third-order valence-electron chi connectivity index (χ3n) is 5.04. The number of hydrogen-bond acceptors (Lipinski definition) is 4. The van der Waals surface area contributed by atoms with Gasteiger partial charge in [-0.3, -0.25) is 14.7 Å². The lowest BCUT2D eigenvalue weighted by Gasteiger charge is -2.05. The van der Waals surface area contributed by atoms with E-state index in [2.05, 4.69) is 15.4 Å². The van der Waals surface area contributed by atoms with Gasteiger partial charge >= 0.3 is 0 Å². The van der Waals surface area contributed by atoms with Gasteiger partial charge < -0.3 is 5.32 Å². The summed E-state index contributed by atoms with van der Waals surface area (Å²) in [6.07, 6.45) is 0. The molecule has 0 aliphatic heterocycles. The molecular weight excluding hydrogens is 456 g/mol. The van der Waals surface area contributed by atoms with Crippen LogP contribution < -0.4 is 10.9 Å². The van der Waals surface area contributed by atoms with Crippen LogP contribution in [-0.4, -0.2) is 20.7 Å². The molecule has 2 aromatic heterocycles. The number of halogens is 1. The van der Waals surface area contributed by atoms with Crippen molar-refractivity contribution in [3.8, 4) is 27.6 Å². The lowest BCUT2D eigenvalue weighted by Crippen LogP contribution is -2.24. The van der Waals surface area contributed by atoms with Crippen LogP contribution in [0.4, 0.5) is 5.69 Å². The van der Waals surface area contributed by atoms with Crippen LogP contribution in [0.2, 0.25) is 5.02 Å². The van der Waals surface area contributed by atoms with Crippen molar-refractivity contribution >= 4 is 34.5 Å². The minimum Gasteiger partial charge on any atom is -0.322 e. The van der Waals surface area contributed by atoms with Crippen molar-refractivity contribution in [2.24, 2.45) is 0 Å². The zero-order valence-electron chi connectivity index (χ0n) is 17.2. The van der Waals surface area contributed by atoms with Crippen LogP contribution in [-0.2, 0) is 0 Å². The van der Waals surface area contributed by atoms with Crippen LogP contribution in [0.1, 0.15) is 10.4 Å². The molecule has 6 nitrogen and oxygen atoms in total. The summed E-state index contributed by atoms with van der Waals surface area (Å²) in [7, 11) is 0. The number of aromatic amines is 1. The quantitative estimate of drug-likeness (QED) is 0.336. The van der Waals surface area contributed by atoms with Gasteiger partial charge in [-0.05, 0) is 24.3 Å². The summed E-state index contributed by atoms with van der Waals surface area (Å²) < 4.78 is 1.32. The molecule has 0 aliphatic rings. The number of nitrogens with one attached hydrogen (secondary N) is 2. The molecule has 0 unspecified atom stereocenters. The molecule has 5 rings (SSSR count). The zero-order valence-corrected chi connectivity index (χ0v) is 18.7. The van der Waals surface area contributed by atoms with E-state index in [1.807, 2.05) is 66.0 Å². The van der Waals surface area contributed by atoms with Crippen molar-refractivity contribution in [3.63, 3.8) is 0 Å². The molecule has 33 heavy (non-hydrogen) atoms. The number of hydrogen-bond donors (Lipinski definition) is 2. The van der Waals surface area contributed by atoms with Gasteiger partial charge in [0.05, 0.1) is 11.4 Å². The number of carbonyl (C=O) groups excluding carboxylic acids is 1. The van der Waals surface area contributed by atoms with Gasteiger partial charge in [0.2, 0.25) is 5.13 Å². The van der Waals surface area contributed by atoms with E-state index in [0.717, 1.165) is 16.8 Å². The Bertz CT molecular complexity index is 1470. The average molecular weight is 473 g/mol. The van der Waals surface area contributed by atoms with Crippen molar-refractivity contribution in [1.29, 1.82) is 0 Å². The second-order valence-corrected chi connectivity index (χ2v) is 8.48. The zero-order chi connectivity index (χ0) is 22.8. The predicted octanol–water partition coefficient (Wildman–Crippen LogP) is 5.86. The molecule has 0 atom stereocenters. The van der Waals surface area contributed by atoms with Gasteiger partial charge in [0.15, 0.2) is 0 Å². The summed E-state index contributed by atoms with van der Waals surface area (Å²) in [6.45, 7) is 0. The van der Waals surface area contributed by atoms with Gasteiger partial charge in [0.25, 0.3) is 11.5 Å². The van der Waals surface area contributed by atoms with Gasteiger partial charge in [0, 0.05) is 27.2 Å². The maximum absolute atomic E-state index is 13.4. The number of benzene rings is 3. The molecule has 2 N–H and O–H groups in total. The fraction of sp³-hybridized carbons (Fsp3) is 0. The number of anilines is 1. The molecule has 0 spiro atoms. The third kappa shape index (κ3) is 4.24. The Kier molecular flexibility index (Phi) is 5.64. The molecule has 3 aromatic carbocycles. The molecule has 0 fully saturated rings. The van der Waals surface area contributed by atoms with Crippen molar-refractivity contribution in [1.82, 2.24) is 14.8 Å². The number of amides is 1. The van der Waals surface area contributed by atoms with Crippen molar-refractivity contribution in [2.75, 3.05) is 5.32 Å². The highest BCUT2D eigenvalue weighted by atomic mass is 35.5. The van der Waals surface area contributed by atoms with Crippen molar-refractivity contribution in [2.45, 2.75) is 0 Å². The summed E-state index contributed by atoms with van der Waals surface area (Å²) in [5.74, 6) is -0.518. The molecule has 0 bridgehead atoms. The number of aromatic nitrogens is 3. The van der Waals surface area contributed by atoms with Crippen LogP contribution in [0, 0.1) is 0 Å². The molecule has 162 valence electrons. The third-order valence-corrected chi connectivity index (χ3v) is 6.11. The summed E-state index contributed by atoms with van der Waals surface area (Å²) in [4.78, 5) is 31.2. The van der Waals surface area contributed by atoms with Crippen molar-refractivity contribution in [3.05, 3.63) is 111 Å². The number of carbonyl (C=O) groups is 1. The van der Waals surface area contributed by atoms with Gasteiger partial charge in [-0.1, -0.05) is 72.3 Å². The predicted molar refractivity (Wildman–Crippen MR) is 132 cm³/mol. The molecule has 0 radical (unpaired) electrons. The second kappa shape index (κ2) is 8.90. The van der Waals surface area contributed by atoms with E-state index in [-0.39, 0.29) is 5.56 Å². The molecule has 0 saturated heterocycles. The lowest BCUT2D eigenvalue weighted by molar-refractivity contribution is 0.102. The number of H-pyrrole nitrogens is 1. The maximum Gasteiger partial charge on any atom is 0.286 e. The largest absolute Gasteiger partial charge is 0.322 e. The number of rotatable bonds is 5. The van der Waals surface area contributed by atoms with Crippen molar-refractivity contribution < 1.29 is 4.79 Å². The molecule has 2 heterocycles. The Morgan fingerprint density at radius 2 is 1.55 bits per heavy atom. The van der Waals surface area contributed by atoms with Gasteiger partial charge in [-0.25, -0.2) is 4.98 Å². The lowest BCUT2D eigenvalue weighted by atomic mass is 10.1. The standard InChI is InChI=1S/C25H17ClN4O2S/c26-18-11-13-19(14-12-18)27-23(31)21-22(17-9-5-2-6-10-17)29-30(24(21)32)25-28-20(15-33-25)16-7-3-1-4-8-16/h1-15,29H,(H,27,31). The second-order valence-electron chi connectivity index (χ2n) is 7.21. The summed E-state index contributed by atoms with van der Waals surface area (Å²) in [5.41, 5.74) is 2.91. The highest BCUT2D eigenvalue weighted by Crippen LogP contribution is 2.26. The van der Waals surface area contributed by atoms with E-state index in [1.165, 1.54) is 16.0 Å². The van der Waals surface area contributed by atoms with E-state index >= 15 is 0 Å². The molecule has 0 aliphatic carbocycles. The summed E-state index contributed by atoms with van der Waals surface area (Å²) in [6, 6.07) is 25.7. The topological polar surface area (TPSA) is 79.8 Å². The normalized spacial score (nSPS) is 10.8. The first-order valence-electron chi connectivity index (χ1n) is 10.1. The van der Waals surface area contributed by atoms with E-state index in [4.69, 9.17) is 11.6 Å². The Morgan fingerprint density at radius 1 is 0.909 bits per heavy atom. The van der Waals surface area contributed by atoms with Crippen LogP contribution in [0.5, 0.6) is 0 Å². The van der Waals surface area contributed by atoms with E-state index < -0.39 is 11.5 Å². The minimum absolute atomic E-state index is 0.00705. The highest BCUT2D eigenvalue weighted by Gasteiger charge is 2.24. The molecule has 0 saturated carbocycles. The number of thiazole rings is 1. The van der Waals surface area contributed by atoms with Crippen LogP contribution >= 0.6 is 22.9 Å². The first kappa shape index (κ1) is 20.9. The molecule has 1 amide bonds. The molecule has 5 aromatic rings. The molecular formula is C25H17ClN4O2S. The SMILES string of the molecule is O=C(Nc1ccc(Cl)cc1)c1c(-c2ccccc2)[nH]n(-c2nc(-c3ccccc3)cs2)c1=O. The Hall–Kier alpha value is -3.94. The Morgan fingerprint density at radius 3 is 2.21 bits per heavy atom. The van der Waals surface area contributed by atoms with Gasteiger partial charge in [-0.2, -0.15) is 4.68 Å². The number of nitrogens with zero attached hydrogens (tertiary/aromatic N) is 2. The Balaban J connectivity index is 1.59. The minimum atomic E-state index is -0.518. The van der Waals surface area contributed by atoms with Crippen LogP contribution in [0.25, 0.3) is 27.6 Å². The summed E-state index contributed by atoms with van der Waals surface area (Å²) >= 11 is 7.26. The first-order valence-corrected chi connectivity index (χ1v) is 11.3. The van der Waals surface area contributed by atoms with Gasteiger partial charge in [-0.15, -0.1) is 11.3 Å². The van der Waals surface area contributed by atoms with E-state index in [9.17, 15) is 9.59 Å². The summed E-state index contributed by atoms with van der Waals surface area (Å²) in [5, 5.41) is 8.76. The van der Waals surface area contributed by atoms with Crippen LogP contribution in [0.15, 0.2) is 95.1 Å². The van der Waals surface area contributed by atoms with Crippen LogP contribution in [0.3, 0.4) is 0 Å². The average Bonchev–Trinajstić information content (AvgIpc) is 3.46. The fourth-order valence-corrected chi connectivity index (χ4v) is 4.35. The highest BCUT2D eigenvalue weighted by molar-refractivity contribution is 7.12. The van der Waals surface area contributed by atoms with E-state index in [0.29, 0.717) is 21.5 Å². The van der Waals surface area contributed by atoms with E-state index in [1.54, 1.807) is 24.3 Å². The smallest absolute Gasteiger partial charge is 0.286 e. The monoisotopic (exact) mass is 472 g/mol. The van der Waals surface area contributed by atoms with Gasteiger partial charge in [0.1, 0.15) is 5.56 Å².